The number of hydrogen-bond donors (Lipinski definition) is 2. The Morgan fingerprint density at radius 1 is 1.18 bits per heavy atom. The molecule has 1 heterocycles. The Morgan fingerprint density at radius 2 is 2.00 bits per heavy atom. The third-order valence-corrected chi connectivity index (χ3v) is 3.35. The van der Waals surface area contributed by atoms with E-state index in [1.54, 1.807) is 6.07 Å². The van der Waals surface area contributed by atoms with Gasteiger partial charge in [-0.2, -0.15) is 0 Å². The number of aromatic carboxylic acids is 1. The Bertz CT molecular complexity index is 886. The first-order valence-electron chi connectivity index (χ1n) is 6.25. The minimum Gasteiger partial charge on any atom is -0.478 e. The van der Waals surface area contributed by atoms with Crippen molar-refractivity contribution in [2.24, 2.45) is 0 Å². The van der Waals surface area contributed by atoms with Crippen LogP contribution in [-0.4, -0.2) is 21.0 Å². The van der Waals surface area contributed by atoms with Crippen molar-refractivity contribution in [2.75, 3.05) is 5.32 Å². The Kier molecular flexibility index (Phi) is 3.60. The maximum absolute atomic E-state index is 13.2. The van der Waals surface area contributed by atoms with Gasteiger partial charge in [-0.15, -0.1) is 0 Å². The minimum absolute atomic E-state index is 0.0189. The van der Waals surface area contributed by atoms with Crippen molar-refractivity contribution in [3.63, 3.8) is 0 Å². The number of carbonyl (C=O) groups is 1. The molecule has 0 aliphatic rings. The number of carboxylic acids is 1. The van der Waals surface area contributed by atoms with Gasteiger partial charge in [0, 0.05) is 11.1 Å². The minimum atomic E-state index is -1.04. The summed E-state index contributed by atoms with van der Waals surface area (Å²) in [4.78, 5) is 19.3. The van der Waals surface area contributed by atoms with Gasteiger partial charge in [-0.25, -0.2) is 19.2 Å². The standard InChI is InChI=1S/C15H9ClFN3O2/c16-11-6-9(2-3-12(11)17)20-14-10-5-8(15(21)22)1-4-13(10)18-7-19-14/h1-7H,(H,21,22)(H,18,19,20). The Morgan fingerprint density at radius 3 is 2.73 bits per heavy atom. The summed E-state index contributed by atoms with van der Waals surface area (Å²) < 4.78 is 13.2. The van der Waals surface area contributed by atoms with Gasteiger partial charge in [0.2, 0.25) is 0 Å². The number of aromatic nitrogens is 2. The number of nitrogens with zero attached hydrogens (tertiary/aromatic N) is 2. The molecule has 2 N–H and O–H groups in total. The molecule has 3 rings (SSSR count). The molecule has 7 heteroatoms. The van der Waals surface area contributed by atoms with Crippen molar-refractivity contribution in [1.29, 1.82) is 0 Å². The monoisotopic (exact) mass is 317 g/mol. The highest BCUT2D eigenvalue weighted by Crippen LogP contribution is 2.26. The summed E-state index contributed by atoms with van der Waals surface area (Å²) in [6.45, 7) is 0. The van der Waals surface area contributed by atoms with Gasteiger partial charge in [0.15, 0.2) is 0 Å². The molecule has 0 spiro atoms. The molecule has 1 aromatic heterocycles. The first-order chi connectivity index (χ1) is 10.5. The molecule has 0 saturated carbocycles. The van der Waals surface area contributed by atoms with Crippen LogP contribution in [0.25, 0.3) is 10.9 Å². The highest BCUT2D eigenvalue weighted by atomic mass is 35.5. The van der Waals surface area contributed by atoms with E-state index in [4.69, 9.17) is 16.7 Å². The number of fused-ring (bicyclic) bond motifs is 1. The van der Waals surface area contributed by atoms with Gasteiger partial charge in [0.05, 0.1) is 16.1 Å². The van der Waals surface area contributed by atoms with E-state index in [1.165, 1.54) is 36.7 Å². The van der Waals surface area contributed by atoms with Crippen LogP contribution in [0.3, 0.4) is 0 Å². The van der Waals surface area contributed by atoms with Crippen LogP contribution in [0.5, 0.6) is 0 Å². The highest BCUT2D eigenvalue weighted by molar-refractivity contribution is 6.31. The first-order valence-corrected chi connectivity index (χ1v) is 6.62. The molecule has 0 radical (unpaired) electrons. The lowest BCUT2D eigenvalue weighted by molar-refractivity contribution is 0.0697. The van der Waals surface area contributed by atoms with Crippen molar-refractivity contribution in [3.05, 3.63) is 59.1 Å². The molecular formula is C15H9ClFN3O2. The zero-order chi connectivity index (χ0) is 15.7. The predicted octanol–water partition coefficient (Wildman–Crippen LogP) is 3.86. The maximum atomic E-state index is 13.2. The number of anilines is 2. The molecule has 3 aromatic rings. The van der Waals surface area contributed by atoms with E-state index in [2.05, 4.69) is 15.3 Å². The number of hydrogen-bond acceptors (Lipinski definition) is 4. The second-order valence-electron chi connectivity index (χ2n) is 4.51. The van der Waals surface area contributed by atoms with Gasteiger partial charge in [-0.05, 0) is 36.4 Å². The fourth-order valence-corrected chi connectivity index (χ4v) is 2.18. The van der Waals surface area contributed by atoms with Gasteiger partial charge in [-0.3, -0.25) is 0 Å². The first kappa shape index (κ1) is 14.2. The molecule has 22 heavy (non-hydrogen) atoms. The van der Waals surface area contributed by atoms with Crippen molar-refractivity contribution in [2.45, 2.75) is 0 Å². The van der Waals surface area contributed by atoms with E-state index < -0.39 is 11.8 Å². The summed E-state index contributed by atoms with van der Waals surface area (Å²) in [5, 5.41) is 12.6. The topological polar surface area (TPSA) is 75.1 Å². The largest absolute Gasteiger partial charge is 0.478 e. The predicted molar refractivity (Wildman–Crippen MR) is 81.2 cm³/mol. The van der Waals surface area contributed by atoms with Crippen LogP contribution >= 0.6 is 11.6 Å². The molecule has 0 saturated heterocycles. The molecule has 0 unspecified atom stereocenters. The van der Waals surface area contributed by atoms with Gasteiger partial charge < -0.3 is 10.4 Å². The zero-order valence-electron chi connectivity index (χ0n) is 11.0. The molecule has 0 aliphatic carbocycles. The summed E-state index contributed by atoms with van der Waals surface area (Å²) in [5.41, 5.74) is 1.25. The van der Waals surface area contributed by atoms with Crippen LogP contribution in [0.4, 0.5) is 15.9 Å². The third kappa shape index (κ3) is 2.68. The number of nitrogens with one attached hydrogen (secondary N) is 1. The smallest absolute Gasteiger partial charge is 0.335 e. The summed E-state index contributed by atoms with van der Waals surface area (Å²) >= 11 is 5.74. The summed E-state index contributed by atoms with van der Waals surface area (Å²) in [5.74, 6) is -1.15. The Balaban J connectivity index is 2.07. The maximum Gasteiger partial charge on any atom is 0.335 e. The lowest BCUT2D eigenvalue weighted by Crippen LogP contribution is -1.99. The molecule has 110 valence electrons. The quantitative estimate of drug-likeness (QED) is 0.767. The number of carboxylic acid groups (broad SMARTS) is 1. The third-order valence-electron chi connectivity index (χ3n) is 3.06. The lowest BCUT2D eigenvalue weighted by atomic mass is 10.1. The molecule has 0 atom stereocenters. The zero-order valence-corrected chi connectivity index (χ0v) is 11.8. The van der Waals surface area contributed by atoms with Crippen molar-refractivity contribution >= 4 is 40.0 Å². The fraction of sp³-hybridized carbons (Fsp3) is 0. The van der Waals surface area contributed by atoms with Crippen LogP contribution < -0.4 is 5.32 Å². The van der Waals surface area contributed by atoms with Gasteiger partial charge in [0.25, 0.3) is 0 Å². The van der Waals surface area contributed by atoms with Gasteiger partial charge >= 0.3 is 5.97 Å². The van der Waals surface area contributed by atoms with E-state index >= 15 is 0 Å². The molecule has 0 fully saturated rings. The van der Waals surface area contributed by atoms with Crippen molar-refractivity contribution < 1.29 is 14.3 Å². The molecule has 0 amide bonds. The normalized spacial score (nSPS) is 10.6. The van der Waals surface area contributed by atoms with E-state index in [1.807, 2.05) is 0 Å². The molecule has 0 bridgehead atoms. The summed E-state index contributed by atoms with van der Waals surface area (Å²) in [6, 6.07) is 8.71. The highest BCUT2D eigenvalue weighted by Gasteiger charge is 2.09. The van der Waals surface area contributed by atoms with Crippen LogP contribution in [0.15, 0.2) is 42.7 Å². The van der Waals surface area contributed by atoms with E-state index in [0.29, 0.717) is 22.4 Å². The van der Waals surface area contributed by atoms with E-state index in [0.717, 1.165) is 0 Å². The molecular weight excluding hydrogens is 309 g/mol. The Hall–Kier alpha value is -2.73. The summed E-state index contributed by atoms with van der Waals surface area (Å²) in [7, 11) is 0. The SMILES string of the molecule is O=C(O)c1ccc2ncnc(Nc3ccc(F)c(Cl)c3)c2c1. The second-order valence-corrected chi connectivity index (χ2v) is 4.92. The van der Waals surface area contributed by atoms with Crippen LogP contribution in [0.2, 0.25) is 5.02 Å². The van der Waals surface area contributed by atoms with Crippen molar-refractivity contribution in [1.82, 2.24) is 9.97 Å². The second kappa shape index (κ2) is 5.57. The number of benzene rings is 2. The lowest BCUT2D eigenvalue weighted by Gasteiger charge is -2.09. The van der Waals surface area contributed by atoms with Crippen molar-refractivity contribution in [3.8, 4) is 0 Å². The van der Waals surface area contributed by atoms with Gasteiger partial charge in [-0.1, -0.05) is 11.6 Å². The average Bonchev–Trinajstić information content (AvgIpc) is 2.51. The summed E-state index contributed by atoms with van der Waals surface area (Å²) in [6.07, 6.45) is 1.36. The fourth-order valence-electron chi connectivity index (χ4n) is 2.00. The molecule has 5 nitrogen and oxygen atoms in total. The van der Waals surface area contributed by atoms with Crippen LogP contribution in [0.1, 0.15) is 10.4 Å². The number of rotatable bonds is 3. The van der Waals surface area contributed by atoms with Crippen LogP contribution in [0, 0.1) is 5.82 Å². The van der Waals surface area contributed by atoms with Gasteiger partial charge in [0.1, 0.15) is 18.0 Å². The average molecular weight is 318 g/mol. The molecule has 2 aromatic carbocycles. The Labute approximate surface area is 129 Å². The number of halogens is 2. The van der Waals surface area contributed by atoms with Crippen LogP contribution in [-0.2, 0) is 0 Å². The van der Waals surface area contributed by atoms with E-state index in [9.17, 15) is 9.18 Å². The molecule has 0 aliphatic heterocycles. The van der Waals surface area contributed by atoms with E-state index in [-0.39, 0.29) is 10.6 Å².